The van der Waals surface area contributed by atoms with Crippen LogP contribution < -0.4 is 0 Å². The fourth-order valence-corrected chi connectivity index (χ4v) is 1.89. The van der Waals surface area contributed by atoms with Crippen molar-refractivity contribution in [1.29, 1.82) is 0 Å². The Morgan fingerprint density at radius 1 is 1.33 bits per heavy atom. The Morgan fingerprint density at radius 2 is 1.94 bits per heavy atom. The third kappa shape index (κ3) is 4.02. The summed E-state index contributed by atoms with van der Waals surface area (Å²) in [7, 11) is -1.31. The Kier molecular flexibility index (Phi) is 4.79. The Bertz CT molecular complexity index is 475. The van der Waals surface area contributed by atoms with Crippen molar-refractivity contribution in [1.82, 2.24) is 0 Å². The van der Waals surface area contributed by atoms with Crippen LogP contribution in [0.5, 0.6) is 0 Å². The molecule has 4 heteroatoms. The second kappa shape index (κ2) is 5.74. The fourth-order valence-electron chi connectivity index (χ4n) is 1.36. The van der Waals surface area contributed by atoms with E-state index in [1.54, 1.807) is 12.1 Å². The maximum atomic E-state index is 13.7. The molecule has 0 spiro atoms. The molecular weight excluding hydrogens is 249 g/mol. The molecule has 0 aliphatic heterocycles. The lowest BCUT2D eigenvalue weighted by Gasteiger charge is -2.12. The third-order valence-corrected chi connectivity index (χ3v) is 3.81. The second-order valence-corrected chi connectivity index (χ2v) is 7.47. The number of rotatable bonds is 3. The number of nitrogens with zero attached hydrogens (tertiary/aromatic N) is 1. The highest BCUT2D eigenvalue weighted by molar-refractivity contribution is 7.85. The average Bonchev–Trinajstić information content (AvgIpc) is 2.24. The molecule has 0 unspecified atom stereocenters. The number of hydrogen-bond donors (Lipinski definition) is 0. The van der Waals surface area contributed by atoms with Gasteiger partial charge in [0, 0.05) is 6.21 Å². The van der Waals surface area contributed by atoms with Crippen molar-refractivity contribution in [2.24, 2.45) is 4.40 Å². The molecule has 0 aliphatic carbocycles. The number of halogens is 1. The van der Waals surface area contributed by atoms with Crippen molar-refractivity contribution in [3.05, 3.63) is 35.1 Å². The summed E-state index contributed by atoms with van der Waals surface area (Å²) in [5.74, 6) is -0.0878. The van der Waals surface area contributed by atoms with Gasteiger partial charge < -0.3 is 0 Å². The summed E-state index contributed by atoms with van der Waals surface area (Å²) in [6.07, 6.45) is 1.47. The quantitative estimate of drug-likeness (QED) is 0.767. The molecule has 0 amide bonds. The standard InChI is InChI=1S/C14H20FNOS/c1-10(2)12-7-6-11(8-13(12)15)9-16-18(17)14(3,4)5/h6-10H,1-5H3/t18-/m1/s1. The number of hydrogen-bond acceptors (Lipinski definition) is 1. The van der Waals surface area contributed by atoms with Crippen LogP contribution in [-0.2, 0) is 11.0 Å². The largest absolute Gasteiger partial charge is 0.234 e. The molecule has 18 heavy (non-hydrogen) atoms. The molecule has 0 heterocycles. The molecule has 0 bridgehead atoms. The van der Waals surface area contributed by atoms with Gasteiger partial charge in [0.1, 0.15) is 16.8 Å². The normalized spacial score (nSPS) is 14.4. The lowest BCUT2D eigenvalue weighted by atomic mass is 10.0. The first-order chi connectivity index (χ1) is 8.21. The first kappa shape index (κ1) is 15.0. The number of benzene rings is 1. The first-order valence-corrected chi connectivity index (χ1v) is 7.08. The summed E-state index contributed by atoms with van der Waals surface area (Å²) in [5, 5.41) is 0. The SMILES string of the molecule is CC(C)c1ccc(C=N[S@](=O)C(C)(C)C)cc1F. The predicted molar refractivity (Wildman–Crippen MR) is 76.0 cm³/mol. The van der Waals surface area contributed by atoms with Crippen LogP contribution in [0.3, 0.4) is 0 Å². The minimum absolute atomic E-state index is 0.152. The third-order valence-electron chi connectivity index (χ3n) is 2.47. The van der Waals surface area contributed by atoms with Gasteiger partial charge in [-0.15, -0.1) is 0 Å². The van der Waals surface area contributed by atoms with Crippen molar-refractivity contribution >= 4 is 17.2 Å². The van der Waals surface area contributed by atoms with Crippen LogP contribution >= 0.6 is 0 Å². The Labute approximate surface area is 111 Å². The van der Waals surface area contributed by atoms with Crippen molar-refractivity contribution < 1.29 is 8.60 Å². The highest BCUT2D eigenvalue weighted by atomic mass is 32.2. The van der Waals surface area contributed by atoms with Gasteiger partial charge in [-0.1, -0.05) is 26.0 Å². The average molecular weight is 269 g/mol. The van der Waals surface area contributed by atoms with E-state index in [1.807, 2.05) is 34.6 Å². The summed E-state index contributed by atoms with van der Waals surface area (Å²) in [4.78, 5) is 0. The van der Waals surface area contributed by atoms with Gasteiger partial charge in [0.2, 0.25) is 0 Å². The summed E-state index contributed by atoms with van der Waals surface area (Å²) in [6, 6.07) is 4.97. The van der Waals surface area contributed by atoms with Crippen molar-refractivity contribution in [2.45, 2.75) is 45.3 Å². The summed E-state index contributed by atoms with van der Waals surface area (Å²) in [5.41, 5.74) is 1.32. The molecule has 2 nitrogen and oxygen atoms in total. The van der Waals surface area contributed by atoms with E-state index in [4.69, 9.17) is 0 Å². The molecule has 1 rings (SSSR count). The molecule has 0 aromatic heterocycles. The van der Waals surface area contributed by atoms with Crippen LogP contribution in [-0.4, -0.2) is 15.2 Å². The highest BCUT2D eigenvalue weighted by Gasteiger charge is 2.18. The van der Waals surface area contributed by atoms with Gasteiger partial charge >= 0.3 is 0 Å². The molecule has 0 aliphatic rings. The van der Waals surface area contributed by atoms with E-state index in [9.17, 15) is 8.60 Å². The van der Waals surface area contributed by atoms with Gasteiger partial charge in [0.05, 0.1) is 4.75 Å². The van der Waals surface area contributed by atoms with Gasteiger partial charge in [-0.2, -0.15) is 4.40 Å². The van der Waals surface area contributed by atoms with E-state index < -0.39 is 15.7 Å². The molecule has 0 N–H and O–H groups in total. The molecule has 0 saturated carbocycles. The molecular formula is C14H20FNOS. The summed E-state index contributed by atoms with van der Waals surface area (Å²) >= 11 is 0. The fraction of sp³-hybridized carbons (Fsp3) is 0.500. The minimum atomic E-state index is -1.31. The van der Waals surface area contributed by atoms with Crippen LogP contribution in [0.2, 0.25) is 0 Å². The van der Waals surface area contributed by atoms with Crippen molar-refractivity contribution in [3.63, 3.8) is 0 Å². The van der Waals surface area contributed by atoms with Crippen molar-refractivity contribution in [2.75, 3.05) is 0 Å². The predicted octanol–water partition coefficient (Wildman–Crippen LogP) is 3.83. The van der Waals surface area contributed by atoms with Crippen LogP contribution in [0, 0.1) is 5.82 Å². The van der Waals surface area contributed by atoms with Crippen LogP contribution in [0.15, 0.2) is 22.6 Å². The smallest absolute Gasteiger partial charge is 0.144 e. The van der Waals surface area contributed by atoms with Gasteiger partial charge in [-0.05, 0) is 43.9 Å². The van der Waals surface area contributed by atoms with Crippen LogP contribution in [0.25, 0.3) is 0 Å². The lowest BCUT2D eigenvalue weighted by Crippen LogP contribution is -2.19. The van der Waals surface area contributed by atoms with E-state index in [-0.39, 0.29) is 11.7 Å². The van der Waals surface area contributed by atoms with Gasteiger partial charge in [0.15, 0.2) is 0 Å². The molecule has 100 valence electrons. The second-order valence-electron chi connectivity index (χ2n) is 5.53. The first-order valence-electron chi connectivity index (χ1n) is 5.97. The molecule has 1 atom stereocenters. The van der Waals surface area contributed by atoms with E-state index in [2.05, 4.69) is 4.40 Å². The van der Waals surface area contributed by atoms with Gasteiger partial charge in [-0.3, -0.25) is 0 Å². The Balaban J connectivity index is 2.91. The maximum Gasteiger partial charge on any atom is 0.144 e. The van der Waals surface area contributed by atoms with Gasteiger partial charge in [0.25, 0.3) is 0 Å². The maximum absolute atomic E-state index is 13.7. The summed E-state index contributed by atoms with van der Waals surface area (Å²) in [6.45, 7) is 9.44. The van der Waals surface area contributed by atoms with E-state index in [1.165, 1.54) is 12.3 Å². The van der Waals surface area contributed by atoms with Crippen LogP contribution in [0.1, 0.15) is 51.7 Å². The zero-order valence-electron chi connectivity index (χ0n) is 11.5. The zero-order chi connectivity index (χ0) is 13.9. The molecule has 1 aromatic rings. The molecule has 0 radical (unpaired) electrons. The molecule has 0 fully saturated rings. The zero-order valence-corrected chi connectivity index (χ0v) is 12.3. The van der Waals surface area contributed by atoms with E-state index in [0.29, 0.717) is 11.1 Å². The van der Waals surface area contributed by atoms with E-state index in [0.717, 1.165) is 0 Å². The highest BCUT2D eigenvalue weighted by Crippen LogP contribution is 2.19. The lowest BCUT2D eigenvalue weighted by molar-refractivity contribution is 0.598. The van der Waals surface area contributed by atoms with E-state index >= 15 is 0 Å². The topological polar surface area (TPSA) is 29.4 Å². The Hall–Kier alpha value is -1.03. The molecule has 0 saturated heterocycles. The van der Waals surface area contributed by atoms with Gasteiger partial charge in [-0.25, -0.2) is 8.60 Å². The monoisotopic (exact) mass is 269 g/mol. The van der Waals surface area contributed by atoms with Crippen LogP contribution in [0.4, 0.5) is 4.39 Å². The molecule has 1 aromatic carbocycles. The minimum Gasteiger partial charge on any atom is -0.234 e. The Morgan fingerprint density at radius 3 is 2.39 bits per heavy atom. The van der Waals surface area contributed by atoms with Crippen molar-refractivity contribution in [3.8, 4) is 0 Å². The summed E-state index contributed by atoms with van der Waals surface area (Å²) < 4.78 is 29.0.